The number of carboxylic acid groups (broad SMARTS) is 1. The number of anilines is 1. The monoisotopic (exact) mass is 284 g/mol. The maximum atomic E-state index is 13.2. The summed E-state index contributed by atoms with van der Waals surface area (Å²) in [5.41, 5.74) is 0.382. The summed E-state index contributed by atoms with van der Waals surface area (Å²) in [6, 6.07) is 3.45. The molecular formula is C13H17FN2O4. The molecule has 0 aliphatic rings. The summed E-state index contributed by atoms with van der Waals surface area (Å²) in [7, 11) is 1.33. The van der Waals surface area contributed by atoms with E-state index >= 15 is 0 Å². The van der Waals surface area contributed by atoms with Crippen molar-refractivity contribution in [1.82, 2.24) is 5.32 Å². The fraction of sp³-hybridized carbons (Fsp3) is 0.385. The third-order valence-electron chi connectivity index (χ3n) is 2.69. The van der Waals surface area contributed by atoms with Gasteiger partial charge in [0.25, 0.3) is 0 Å². The molecule has 0 spiro atoms. The Bertz CT molecular complexity index is 493. The van der Waals surface area contributed by atoms with Crippen LogP contribution in [0.25, 0.3) is 0 Å². The second-order valence-corrected chi connectivity index (χ2v) is 4.26. The summed E-state index contributed by atoms with van der Waals surface area (Å²) in [5.74, 6) is -1.92. The molecule has 1 rings (SSSR count). The lowest BCUT2D eigenvalue weighted by molar-refractivity contribution is -0.141. The minimum absolute atomic E-state index is 0.0299. The Morgan fingerprint density at radius 2 is 2.15 bits per heavy atom. The molecule has 1 atom stereocenters. The van der Waals surface area contributed by atoms with E-state index < -0.39 is 23.7 Å². The van der Waals surface area contributed by atoms with Gasteiger partial charge in [-0.3, -0.25) is 4.79 Å². The van der Waals surface area contributed by atoms with Gasteiger partial charge in [-0.25, -0.2) is 9.18 Å². The average molecular weight is 284 g/mol. The van der Waals surface area contributed by atoms with E-state index in [9.17, 15) is 14.0 Å². The van der Waals surface area contributed by atoms with Gasteiger partial charge < -0.3 is 20.5 Å². The summed E-state index contributed by atoms with van der Waals surface area (Å²) < 4.78 is 18.0. The molecule has 1 aromatic rings. The van der Waals surface area contributed by atoms with Crippen LogP contribution in [0.5, 0.6) is 5.75 Å². The lowest BCUT2D eigenvalue weighted by Gasteiger charge is -2.10. The molecule has 0 radical (unpaired) electrons. The van der Waals surface area contributed by atoms with E-state index in [1.165, 1.54) is 25.3 Å². The van der Waals surface area contributed by atoms with Crippen LogP contribution in [-0.4, -0.2) is 30.8 Å². The van der Waals surface area contributed by atoms with Gasteiger partial charge >= 0.3 is 12.0 Å². The van der Waals surface area contributed by atoms with E-state index in [0.717, 1.165) is 0 Å². The zero-order chi connectivity index (χ0) is 15.1. The molecule has 1 aromatic carbocycles. The molecule has 0 bridgehead atoms. The first-order chi connectivity index (χ1) is 9.43. The maximum Gasteiger partial charge on any atom is 0.319 e. The second kappa shape index (κ2) is 7.32. The fourth-order valence-electron chi connectivity index (χ4n) is 1.44. The molecule has 0 aromatic heterocycles. The van der Waals surface area contributed by atoms with Gasteiger partial charge in [0.15, 0.2) is 11.6 Å². The molecule has 7 heteroatoms. The number of nitrogens with one attached hydrogen (secondary N) is 2. The standard InChI is InChI=1S/C13H17FN2O4/c1-8(12(17)18)5-6-15-13(19)16-9-3-4-10(14)11(7-9)20-2/h3-4,7-8H,5-6H2,1-2H3,(H,17,18)(H2,15,16,19). The number of amides is 2. The van der Waals surface area contributed by atoms with Gasteiger partial charge in [0.2, 0.25) is 0 Å². The van der Waals surface area contributed by atoms with Gasteiger partial charge in [0, 0.05) is 18.3 Å². The van der Waals surface area contributed by atoms with Crippen molar-refractivity contribution in [1.29, 1.82) is 0 Å². The van der Waals surface area contributed by atoms with Crippen LogP contribution in [0.3, 0.4) is 0 Å². The van der Waals surface area contributed by atoms with Gasteiger partial charge in [-0.05, 0) is 18.6 Å². The van der Waals surface area contributed by atoms with E-state index in [4.69, 9.17) is 9.84 Å². The van der Waals surface area contributed by atoms with E-state index in [-0.39, 0.29) is 12.3 Å². The molecule has 0 heterocycles. The molecule has 6 nitrogen and oxygen atoms in total. The zero-order valence-electron chi connectivity index (χ0n) is 11.3. The molecule has 3 N–H and O–H groups in total. The minimum Gasteiger partial charge on any atom is -0.494 e. The number of carbonyl (C=O) groups is 2. The average Bonchev–Trinajstić information content (AvgIpc) is 2.40. The van der Waals surface area contributed by atoms with Crippen molar-refractivity contribution in [2.45, 2.75) is 13.3 Å². The van der Waals surface area contributed by atoms with Gasteiger partial charge in [0.05, 0.1) is 13.0 Å². The molecule has 0 fully saturated rings. The Kier molecular flexibility index (Phi) is 5.76. The fourth-order valence-corrected chi connectivity index (χ4v) is 1.44. The predicted molar refractivity (Wildman–Crippen MR) is 71.4 cm³/mol. The highest BCUT2D eigenvalue weighted by atomic mass is 19.1. The zero-order valence-corrected chi connectivity index (χ0v) is 11.3. The first-order valence-electron chi connectivity index (χ1n) is 6.05. The molecule has 2 amide bonds. The third kappa shape index (κ3) is 4.75. The van der Waals surface area contributed by atoms with Crippen LogP contribution in [0, 0.1) is 11.7 Å². The topological polar surface area (TPSA) is 87.7 Å². The third-order valence-corrected chi connectivity index (χ3v) is 2.69. The number of ether oxygens (including phenoxy) is 1. The number of hydrogen-bond donors (Lipinski definition) is 3. The van der Waals surface area contributed by atoms with Crippen LogP contribution in [0.4, 0.5) is 14.9 Å². The van der Waals surface area contributed by atoms with Crippen molar-refractivity contribution >= 4 is 17.7 Å². The van der Waals surface area contributed by atoms with Gasteiger partial charge in [0.1, 0.15) is 0 Å². The predicted octanol–water partition coefficient (Wildman–Crippen LogP) is 2.07. The number of carbonyl (C=O) groups excluding carboxylic acids is 1. The summed E-state index contributed by atoms with van der Waals surface area (Å²) in [4.78, 5) is 22.1. The Balaban J connectivity index is 2.44. The van der Waals surface area contributed by atoms with Crippen LogP contribution < -0.4 is 15.4 Å². The van der Waals surface area contributed by atoms with Gasteiger partial charge in [-0.2, -0.15) is 0 Å². The molecular weight excluding hydrogens is 267 g/mol. The molecule has 20 heavy (non-hydrogen) atoms. The number of benzene rings is 1. The number of rotatable bonds is 6. The van der Waals surface area contributed by atoms with Crippen LogP contribution >= 0.6 is 0 Å². The van der Waals surface area contributed by atoms with E-state index in [1.807, 2.05) is 0 Å². The summed E-state index contributed by atoms with van der Waals surface area (Å²) in [6.45, 7) is 1.80. The summed E-state index contributed by atoms with van der Waals surface area (Å²) in [6.07, 6.45) is 0.329. The van der Waals surface area contributed by atoms with Crippen molar-refractivity contribution in [3.05, 3.63) is 24.0 Å². The normalized spacial score (nSPS) is 11.6. The molecule has 0 saturated carbocycles. The molecule has 0 saturated heterocycles. The summed E-state index contributed by atoms with van der Waals surface area (Å²) >= 11 is 0. The highest BCUT2D eigenvalue weighted by Crippen LogP contribution is 2.21. The number of halogens is 1. The summed E-state index contributed by atoms with van der Waals surface area (Å²) in [5, 5.41) is 13.7. The van der Waals surface area contributed by atoms with Crippen molar-refractivity contribution in [2.75, 3.05) is 19.0 Å². The van der Waals surface area contributed by atoms with Crippen molar-refractivity contribution < 1.29 is 23.8 Å². The maximum absolute atomic E-state index is 13.2. The lowest BCUT2D eigenvalue weighted by atomic mass is 10.1. The number of methoxy groups -OCH3 is 1. The first-order valence-corrected chi connectivity index (χ1v) is 6.05. The second-order valence-electron chi connectivity index (χ2n) is 4.26. The van der Waals surface area contributed by atoms with Crippen molar-refractivity contribution in [3.8, 4) is 5.75 Å². The van der Waals surface area contributed by atoms with E-state index in [2.05, 4.69) is 10.6 Å². The van der Waals surface area contributed by atoms with Crippen molar-refractivity contribution in [3.63, 3.8) is 0 Å². The Morgan fingerprint density at radius 3 is 2.75 bits per heavy atom. The number of hydrogen-bond acceptors (Lipinski definition) is 3. The Labute approximate surface area is 115 Å². The lowest BCUT2D eigenvalue weighted by Crippen LogP contribution is -2.31. The Hall–Kier alpha value is -2.31. The molecule has 1 unspecified atom stereocenters. The highest BCUT2D eigenvalue weighted by Gasteiger charge is 2.11. The largest absolute Gasteiger partial charge is 0.494 e. The molecule has 0 aliphatic carbocycles. The van der Waals surface area contributed by atoms with E-state index in [1.54, 1.807) is 6.92 Å². The molecule has 0 aliphatic heterocycles. The number of carboxylic acids is 1. The first kappa shape index (κ1) is 15.7. The Morgan fingerprint density at radius 1 is 1.45 bits per heavy atom. The smallest absolute Gasteiger partial charge is 0.319 e. The van der Waals surface area contributed by atoms with E-state index in [0.29, 0.717) is 12.1 Å². The quantitative estimate of drug-likeness (QED) is 0.746. The van der Waals surface area contributed by atoms with Crippen LogP contribution in [0.1, 0.15) is 13.3 Å². The SMILES string of the molecule is COc1cc(NC(=O)NCCC(C)C(=O)O)ccc1F. The van der Waals surface area contributed by atoms with Gasteiger partial charge in [-0.1, -0.05) is 6.92 Å². The van der Waals surface area contributed by atoms with Crippen LogP contribution in [-0.2, 0) is 4.79 Å². The van der Waals surface area contributed by atoms with Gasteiger partial charge in [-0.15, -0.1) is 0 Å². The van der Waals surface area contributed by atoms with Crippen LogP contribution in [0.15, 0.2) is 18.2 Å². The van der Waals surface area contributed by atoms with Crippen molar-refractivity contribution in [2.24, 2.45) is 5.92 Å². The highest BCUT2D eigenvalue weighted by molar-refractivity contribution is 5.89. The number of aliphatic carboxylic acids is 1. The number of urea groups is 1. The molecule has 110 valence electrons. The van der Waals surface area contributed by atoms with Crippen LogP contribution in [0.2, 0.25) is 0 Å². The minimum atomic E-state index is -0.907.